The van der Waals surface area contributed by atoms with Crippen molar-refractivity contribution in [2.24, 2.45) is 5.73 Å². The van der Waals surface area contributed by atoms with Crippen molar-refractivity contribution in [2.45, 2.75) is 26.5 Å². The zero-order chi connectivity index (χ0) is 15.1. The number of nitrogens with zero attached hydrogens (tertiary/aromatic N) is 1. The summed E-state index contributed by atoms with van der Waals surface area (Å²) in [4.78, 5) is 11.5. The maximum atomic E-state index is 12.4. The molecule has 0 unspecified atom stereocenters. The SMILES string of the molecule is CCOC(=O)Cc1c(C#N)cc(CN)cc1OC(F)F. The molecule has 0 aliphatic carbocycles. The monoisotopic (exact) mass is 284 g/mol. The molecule has 0 aromatic heterocycles. The second-order valence-corrected chi connectivity index (χ2v) is 3.80. The van der Waals surface area contributed by atoms with Gasteiger partial charge in [-0.25, -0.2) is 0 Å². The summed E-state index contributed by atoms with van der Waals surface area (Å²) in [5.41, 5.74) is 6.03. The second kappa shape index (κ2) is 7.40. The number of carbonyl (C=O) groups is 1. The van der Waals surface area contributed by atoms with Crippen LogP contribution in [0.15, 0.2) is 12.1 Å². The van der Waals surface area contributed by atoms with Gasteiger partial charge in [-0.2, -0.15) is 14.0 Å². The van der Waals surface area contributed by atoms with Gasteiger partial charge in [0.1, 0.15) is 5.75 Å². The summed E-state index contributed by atoms with van der Waals surface area (Å²) in [6, 6.07) is 4.57. The largest absolute Gasteiger partial charge is 0.466 e. The Balaban J connectivity index is 3.22. The van der Waals surface area contributed by atoms with Crippen LogP contribution in [0.25, 0.3) is 0 Å². The summed E-state index contributed by atoms with van der Waals surface area (Å²) in [6.07, 6.45) is -0.316. The number of hydrogen-bond donors (Lipinski definition) is 1. The third-order valence-electron chi connectivity index (χ3n) is 2.47. The lowest BCUT2D eigenvalue weighted by Crippen LogP contribution is -2.13. The predicted molar refractivity (Wildman–Crippen MR) is 66.0 cm³/mol. The first-order chi connectivity index (χ1) is 9.51. The van der Waals surface area contributed by atoms with E-state index in [-0.39, 0.29) is 36.4 Å². The Kier molecular flexibility index (Phi) is 5.87. The van der Waals surface area contributed by atoms with Crippen LogP contribution in [0.4, 0.5) is 8.78 Å². The van der Waals surface area contributed by atoms with Gasteiger partial charge in [-0.3, -0.25) is 4.79 Å². The molecule has 0 saturated heterocycles. The number of ether oxygens (including phenoxy) is 2. The van der Waals surface area contributed by atoms with E-state index < -0.39 is 12.6 Å². The number of hydrogen-bond acceptors (Lipinski definition) is 5. The highest BCUT2D eigenvalue weighted by Gasteiger charge is 2.18. The fourth-order valence-electron chi connectivity index (χ4n) is 1.66. The molecule has 0 radical (unpaired) electrons. The van der Waals surface area contributed by atoms with Gasteiger partial charge in [0.2, 0.25) is 0 Å². The minimum Gasteiger partial charge on any atom is -0.466 e. The van der Waals surface area contributed by atoms with Gasteiger partial charge >= 0.3 is 12.6 Å². The molecule has 0 bridgehead atoms. The number of alkyl halides is 2. The lowest BCUT2D eigenvalue weighted by atomic mass is 10.0. The molecule has 1 aromatic carbocycles. The second-order valence-electron chi connectivity index (χ2n) is 3.80. The van der Waals surface area contributed by atoms with Crippen LogP contribution < -0.4 is 10.5 Å². The van der Waals surface area contributed by atoms with Crippen LogP contribution >= 0.6 is 0 Å². The fourth-order valence-corrected chi connectivity index (χ4v) is 1.66. The van der Waals surface area contributed by atoms with E-state index in [1.165, 1.54) is 12.1 Å². The summed E-state index contributed by atoms with van der Waals surface area (Å²) in [7, 11) is 0. The van der Waals surface area contributed by atoms with E-state index in [1.807, 2.05) is 6.07 Å². The summed E-state index contributed by atoms with van der Waals surface area (Å²) >= 11 is 0. The molecule has 0 aliphatic rings. The normalized spacial score (nSPS) is 10.2. The molecule has 20 heavy (non-hydrogen) atoms. The smallest absolute Gasteiger partial charge is 0.387 e. The van der Waals surface area contributed by atoms with Gasteiger partial charge in [-0.15, -0.1) is 0 Å². The first kappa shape index (κ1) is 15.9. The molecule has 0 fully saturated rings. The number of nitrogens with two attached hydrogens (primary N) is 1. The Morgan fingerprint density at radius 2 is 2.20 bits per heavy atom. The molecule has 108 valence electrons. The third kappa shape index (κ3) is 4.17. The van der Waals surface area contributed by atoms with Gasteiger partial charge < -0.3 is 15.2 Å². The van der Waals surface area contributed by atoms with E-state index in [1.54, 1.807) is 6.92 Å². The highest BCUT2D eigenvalue weighted by Crippen LogP contribution is 2.27. The Labute approximate surface area is 114 Å². The molecule has 2 N–H and O–H groups in total. The van der Waals surface area contributed by atoms with Crippen LogP contribution in [0.1, 0.15) is 23.6 Å². The van der Waals surface area contributed by atoms with Gasteiger partial charge in [-0.1, -0.05) is 0 Å². The number of benzene rings is 1. The molecule has 0 aliphatic heterocycles. The van der Waals surface area contributed by atoms with Gasteiger partial charge in [0, 0.05) is 12.1 Å². The van der Waals surface area contributed by atoms with Gasteiger partial charge in [-0.05, 0) is 24.6 Å². The molecule has 1 aromatic rings. The molecule has 0 atom stereocenters. The molecule has 7 heteroatoms. The molecule has 1 rings (SSSR count). The van der Waals surface area contributed by atoms with Crippen LogP contribution in [0, 0.1) is 11.3 Å². The van der Waals surface area contributed by atoms with Crippen molar-refractivity contribution in [1.82, 2.24) is 0 Å². The number of halogens is 2. The van der Waals surface area contributed by atoms with E-state index >= 15 is 0 Å². The summed E-state index contributed by atoms with van der Waals surface area (Å²) in [6.45, 7) is -1.21. The van der Waals surface area contributed by atoms with Crippen molar-refractivity contribution in [2.75, 3.05) is 6.61 Å². The molecular weight excluding hydrogens is 270 g/mol. The molecule has 0 amide bonds. The van der Waals surface area contributed by atoms with E-state index in [0.717, 1.165) is 0 Å². The summed E-state index contributed by atoms with van der Waals surface area (Å²) in [5.74, 6) is -0.851. The maximum absolute atomic E-state index is 12.4. The van der Waals surface area contributed by atoms with Crippen LogP contribution in [0.2, 0.25) is 0 Å². The van der Waals surface area contributed by atoms with Gasteiger partial charge in [0.05, 0.1) is 24.7 Å². The Morgan fingerprint density at radius 1 is 1.50 bits per heavy atom. The Hall–Kier alpha value is -2.20. The van der Waals surface area contributed by atoms with Crippen molar-refractivity contribution in [3.63, 3.8) is 0 Å². The zero-order valence-electron chi connectivity index (χ0n) is 10.9. The van der Waals surface area contributed by atoms with E-state index in [4.69, 9.17) is 15.7 Å². The van der Waals surface area contributed by atoms with Gasteiger partial charge in [0.25, 0.3) is 0 Å². The quantitative estimate of drug-likeness (QED) is 0.804. The van der Waals surface area contributed by atoms with E-state index in [2.05, 4.69) is 4.74 Å². The Bertz CT molecular complexity index is 527. The van der Waals surface area contributed by atoms with Crippen LogP contribution in [-0.4, -0.2) is 19.2 Å². The lowest BCUT2D eigenvalue weighted by Gasteiger charge is -2.13. The number of esters is 1. The van der Waals surface area contributed by atoms with E-state index in [9.17, 15) is 13.6 Å². The minimum atomic E-state index is -3.06. The first-order valence-electron chi connectivity index (χ1n) is 5.88. The predicted octanol–water partition coefficient (Wildman–Crippen LogP) is 1.72. The van der Waals surface area contributed by atoms with Gasteiger partial charge in [0.15, 0.2) is 0 Å². The van der Waals surface area contributed by atoms with Crippen LogP contribution in [0.5, 0.6) is 5.75 Å². The fraction of sp³-hybridized carbons (Fsp3) is 0.385. The minimum absolute atomic E-state index is 0.0635. The van der Waals surface area contributed by atoms with Crippen molar-refractivity contribution >= 4 is 5.97 Å². The molecule has 0 saturated carbocycles. The summed E-state index contributed by atoms with van der Waals surface area (Å²) < 4.78 is 33.9. The van der Waals surface area contributed by atoms with Crippen molar-refractivity contribution in [1.29, 1.82) is 5.26 Å². The molecule has 0 spiro atoms. The third-order valence-corrected chi connectivity index (χ3v) is 2.47. The number of carbonyl (C=O) groups excluding carboxylic acids is 1. The summed E-state index contributed by atoms with van der Waals surface area (Å²) in [5, 5.41) is 9.05. The van der Waals surface area contributed by atoms with Crippen molar-refractivity contribution in [3.8, 4) is 11.8 Å². The first-order valence-corrected chi connectivity index (χ1v) is 5.88. The van der Waals surface area contributed by atoms with Crippen LogP contribution in [0.3, 0.4) is 0 Å². The van der Waals surface area contributed by atoms with Crippen LogP contribution in [-0.2, 0) is 22.5 Å². The molecular formula is C13H14F2N2O3. The zero-order valence-corrected chi connectivity index (χ0v) is 10.9. The highest BCUT2D eigenvalue weighted by atomic mass is 19.3. The van der Waals surface area contributed by atoms with Crippen molar-refractivity contribution in [3.05, 3.63) is 28.8 Å². The topological polar surface area (TPSA) is 85.3 Å². The lowest BCUT2D eigenvalue weighted by molar-refractivity contribution is -0.142. The maximum Gasteiger partial charge on any atom is 0.387 e. The highest BCUT2D eigenvalue weighted by molar-refractivity contribution is 5.75. The number of rotatable bonds is 6. The number of nitriles is 1. The average molecular weight is 284 g/mol. The van der Waals surface area contributed by atoms with Crippen molar-refractivity contribution < 1.29 is 23.0 Å². The molecule has 0 heterocycles. The van der Waals surface area contributed by atoms with E-state index in [0.29, 0.717) is 5.56 Å². The molecule has 5 nitrogen and oxygen atoms in total. The average Bonchev–Trinajstić information content (AvgIpc) is 2.40. The Morgan fingerprint density at radius 3 is 2.70 bits per heavy atom. The standard InChI is InChI=1S/C13H14F2N2O3/c1-2-19-12(18)5-10-9(7-17)3-8(6-16)4-11(10)20-13(14)15/h3-4,13H,2,5-6,16H2,1H3.